The topological polar surface area (TPSA) is 52.3 Å². The van der Waals surface area contributed by atoms with Crippen molar-refractivity contribution in [2.45, 2.75) is 19.8 Å². The van der Waals surface area contributed by atoms with Gasteiger partial charge in [-0.1, -0.05) is 18.2 Å². The van der Waals surface area contributed by atoms with Gasteiger partial charge in [-0.25, -0.2) is 0 Å². The molecule has 0 aliphatic heterocycles. The third-order valence-electron chi connectivity index (χ3n) is 3.40. The molecule has 0 fully saturated rings. The van der Waals surface area contributed by atoms with E-state index in [1.54, 1.807) is 0 Å². The Balaban J connectivity index is 2.16. The lowest BCUT2D eigenvalue weighted by atomic mass is 9.93. The fourth-order valence-electron chi connectivity index (χ4n) is 2.44. The maximum Gasteiger partial charge on any atom is 0.119 e. The minimum atomic E-state index is -0.112. The van der Waals surface area contributed by atoms with Gasteiger partial charge < -0.3 is 14.6 Å². The zero-order chi connectivity index (χ0) is 14.1. The van der Waals surface area contributed by atoms with E-state index in [-0.39, 0.29) is 5.92 Å². The van der Waals surface area contributed by atoms with Crippen molar-refractivity contribution in [3.8, 4) is 0 Å². The predicted octanol–water partition coefficient (Wildman–Crippen LogP) is 4.25. The highest BCUT2D eigenvalue weighted by atomic mass is 16.4. The number of furan rings is 2. The summed E-state index contributed by atoms with van der Waals surface area (Å²) in [5.74, 6) is 3.33. The van der Waals surface area contributed by atoms with Crippen molar-refractivity contribution in [3.05, 3.63) is 77.1 Å². The van der Waals surface area contributed by atoms with Crippen molar-refractivity contribution in [2.75, 3.05) is 5.73 Å². The van der Waals surface area contributed by atoms with Gasteiger partial charge in [0.05, 0.1) is 0 Å². The number of hydrogen-bond donors (Lipinski definition) is 1. The van der Waals surface area contributed by atoms with Crippen LogP contribution in [0.3, 0.4) is 0 Å². The summed E-state index contributed by atoms with van der Waals surface area (Å²) in [5.41, 5.74) is 7.86. The van der Waals surface area contributed by atoms with Gasteiger partial charge in [0, 0.05) is 5.69 Å². The zero-order valence-corrected chi connectivity index (χ0v) is 11.6. The van der Waals surface area contributed by atoms with Gasteiger partial charge in [0.1, 0.15) is 29.0 Å². The van der Waals surface area contributed by atoms with Crippen LogP contribution in [0.2, 0.25) is 0 Å². The summed E-state index contributed by atoms with van der Waals surface area (Å²) in [6.07, 6.45) is 0. The highest BCUT2D eigenvalue weighted by molar-refractivity contribution is 5.53. The fraction of sp³-hybridized carbons (Fsp3) is 0.176. The summed E-state index contributed by atoms with van der Waals surface area (Å²) in [6, 6.07) is 15.7. The minimum absolute atomic E-state index is 0.112. The summed E-state index contributed by atoms with van der Waals surface area (Å²) in [4.78, 5) is 0. The SMILES string of the molecule is Cc1ccc(C(c2ccc(C)o2)c2ccccc2N)o1. The molecule has 0 aliphatic carbocycles. The molecule has 3 nitrogen and oxygen atoms in total. The second kappa shape index (κ2) is 4.93. The van der Waals surface area contributed by atoms with Crippen LogP contribution in [0.1, 0.15) is 34.5 Å². The molecule has 2 N–H and O–H groups in total. The summed E-state index contributed by atoms with van der Waals surface area (Å²) in [7, 11) is 0. The predicted molar refractivity (Wildman–Crippen MR) is 78.7 cm³/mol. The molecule has 0 saturated heterocycles. The molecule has 1 aromatic carbocycles. The first kappa shape index (κ1) is 12.6. The van der Waals surface area contributed by atoms with Crippen LogP contribution < -0.4 is 5.73 Å². The molecular formula is C17H17NO2. The first-order valence-electron chi connectivity index (χ1n) is 6.62. The number of rotatable bonds is 3. The number of para-hydroxylation sites is 1. The second-order valence-electron chi connectivity index (χ2n) is 4.96. The maximum absolute atomic E-state index is 6.13. The number of nitrogen functional groups attached to an aromatic ring is 1. The normalized spacial score (nSPS) is 11.2. The van der Waals surface area contributed by atoms with Crippen molar-refractivity contribution in [2.24, 2.45) is 0 Å². The molecule has 3 heteroatoms. The number of anilines is 1. The molecule has 20 heavy (non-hydrogen) atoms. The van der Waals surface area contributed by atoms with Gasteiger partial charge in [-0.3, -0.25) is 0 Å². The van der Waals surface area contributed by atoms with E-state index in [0.717, 1.165) is 34.3 Å². The third kappa shape index (κ3) is 2.23. The average molecular weight is 267 g/mol. The van der Waals surface area contributed by atoms with Crippen molar-refractivity contribution in [3.63, 3.8) is 0 Å². The Bertz CT molecular complexity index is 684. The van der Waals surface area contributed by atoms with E-state index in [9.17, 15) is 0 Å². The maximum atomic E-state index is 6.13. The Hall–Kier alpha value is -2.42. The third-order valence-corrected chi connectivity index (χ3v) is 3.40. The fourth-order valence-corrected chi connectivity index (χ4v) is 2.44. The van der Waals surface area contributed by atoms with Gasteiger partial charge in [0.2, 0.25) is 0 Å². The molecule has 3 rings (SSSR count). The van der Waals surface area contributed by atoms with Crippen molar-refractivity contribution < 1.29 is 8.83 Å². The van der Waals surface area contributed by atoms with E-state index in [1.807, 2.05) is 62.4 Å². The molecule has 0 bridgehead atoms. The molecule has 0 amide bonds. The first-order valence-corrected chi connectivity index (χ1v) is 6.62. The Morgan fingerprint density at radius 1 is 0.800 bits per heavy atom. The number of aryl methyl sites for hydroxylation is 2. The van der Waals surface area contributed by atoms with Crippen LogP contribution in [-0.2, 0) is 0 Å². The Morgan fingerprint density at radius 3 is 1.80 bits per heavy atom. The van der Waals surface area contributed by atoms with E-state index in [1.165, 1.54) is 0 Å². The van der Waals surface area contributed by atoms with Crippen molar-refractivity contribution in [1.29, 1.82) is 0 Å². The van der Waals surface area contributed by atoms with Gasteiger partial charge in [0.15, 0.2) is 0 Å². The largest absolute Gasteiger partial charge is 0.465 e. The molecule has 0 atom stereocenters. The Labute approximate surface area is 118 Å². The van der Waals surface area contributed by atoms with E-state index in [2.05, 4.69) is 0 Å². The Kier molecular flexibility index (Phi) is 3.11. The molecule has 0 saturated carbocycles. The lowest BCUT2D eigenvalue weighted by Crippen LogP contribution is -2.04. The standard InChI is InChI=1S/C17H17NO2/c1-11-7-9-15(19-11)17(16-10-8-12(2)20-16)13-5-3-4-6-14(13)18/h3-10,17H,18H2,1-2H3. The lowest BCUT2D eigenvalue weighted by molar-refractivity contribution is 0.428. The summed E-state index contributed by atoms with van der Waals surface area (Å²) >= 11 is 0. The number of benzene rings is 1. The van der Waals surface area contributed by atoms with E-state index >= 15 is 0 Å². The zero-order valence-electron chi connectivity index (χ0n) is 11.6. The van der Waals surface area contributed by atoms with Crippen molar-refractivity contribution >= 4 is 5.69 Å². The summed E-state index contributed by atoms with van der Waals surface area (Å²) in [5, 5.41) is 0. The highest BCUT2D eigenvalue weighted by Crippen LogP contribution is 2.36. The van der Waals surface area contributed by atoms with Crippen LogP contribution in [0, 0.1) is 13.8 Å². The quantitative estimate of drug-likeness (QED) is 0.722. The monoisotopic (exact) mass is 267 g/mol. The van der Waals surface area contributed by atoms with Gasteiger partial charge in [-0.05, 0) is 49.7 Å². The molecule has 0 unspecified atom stereocenters. The van der Waals surface area contributed by atoms with Crippen LogP contribution in [0.5, 0.6) is 0 Å². The molecule has 3 aromatic rings. The summed E-state index contributed by atoms with van der Waals surface area (Å²) < 4.78 is 11.6. The number of hydrogen-bond acceptors (Lipinski definition) is 3. The molecule has 102 valence electrons. The molecule has 0 radical (unpaired) electrons. The van der Waals surface area contributed by atoms with Crippen LogP contribution >= 0.6 is 0 Å². The van der Waals surface area contributed by atoms with Crippen molar-refractivity contribution in [1.82, 2.24) is 0 Å². The smallest absolute Gasteiger partial charge is 0.119 e. The second-order valence-corrected chi connectivity index (χ2v) is 4.96. The first-order chi connectivity index (χ1) is 9.65. The molecular weight excluding hydrogens is 250 g/mol. The van der Waals surface area contributed by atoms with Gasteiger partial charge in [-0.2, -0.15) is 0 Å². The molecule has 0 aliphatic rings. The highest BCUT2D eigenvalue weighted by Gasteiger charge is 2.24. The summed E-state index contributed by atoms with van der Waals surface area (Å²) in [6.45, 7) is 3.87. The average Bonchev–Trinajstić information content (AvgIpc) is 3.02. The van der Waals surface area contributed by atoms with Gasteiger partial charge >= 0.3 is 0 Å². The van der Waals surface area contributed by atoms with Crippen LogP contribution in [0.25, 0.3) is 0 Å². The molecule has 2 heterocycles. The minimum Gasteiger partial charge on any atom is -0.465 e. The molecule has 0 spiro atoms. The molecule has 2 aromatic heterocycles. The van der Waals surface area contributed by atoms with Crippen LogP contribution in [0.4, 0.5) is 5.69 Å². The van der Waals surface area contributed by atoms with Crippen LogP contribution in [-0.4, -0.2) is 0 Å². The van der Waals surface area contributed by atoms with E-state index in [4.69, 9.17) is 14.6 Å². The lowest BCUT2D eigenvalue weighted by Gasteiger charge is -2.15. The number of nitrogens with two attached hydrogens (primary N) is 1. The van der Waals surface area contributed by atoms with Gasteiger partial charge in [-0.15, -0.1) is 0 Å². The van der Waals surface area contributed by atoms with E-state index in [0.29, 0.717) is 0 Å². The van der Waals surface area contributed by atoms with Gasteiger partial charge in [0.25, 0.3) is 0 Å². The van der Waals surface area contributed by atoms with E-state index < -0.39 is 0 Å². The van der Waals surface area contributed by atoms with Crippen LogP contribution in [0.15, 0.2) is 57.4 Å². The Morgan fingerprint density at radius 2 is 1.35 bits per heavy atom.